The van der Waals surface area contributed by atoms with Crippen LogP contribution in [0.25, 0.3) is 10.9 Å². The van der Waals surface area contributed by atoms with Gasteiger partial charge < -0.3 is 4.74 Å². The van der Waals surface area contributed by atoms with E-state index in [1.165, 1.54) is 3.97 Å². The van der Waals surface area contributed by atoms with Crippen molar-refractivity contribution in [2.75, 3.05) is 6.61 Å². The second-order valence-corrected chi connectivity index (χ2v) is 8.41. The predicted octanol–water partition coefficient (Wildman–Crippen LogP) is 4.78. The summed E-state index contributed by atoms with van der Waals surface area (Å²) < 4.78 is 31.6. The summed E-state index contributed by atoms with van der Waals surface area (Å²) in [5.74, 6) is 0. The molecule has 0 fully saturated rings. The maximum absolute atomic E-state index is 12.8. The van der Waals surface area contributed by atoms with Gasteiger partial charge in [-0.3, -0.25) is 4.79 Å². The van der Waals surface area contributed by atoms with Crippen LogP contribution in [-0.2, 0) is 19.6 Å². The van der Waals surface area contributed by atoms with Crippen molar-refractivity contribution in [3.05, 3.63) is 63.7 Å². The van der Waals surface area contributed by atoms with E-state index in [4.69, 9.17) is 11.6 Å². The molecule has 3 rings (SSSR count). The first-order valence-electron chi connectivity index (χ1n) is 7.65. The van der Waals surface area contributed by atoms with Gasteiger partial charge in [-0.15, -0.1) is 0 Å². The average molecular weight is 459 g/mol. The van der Waals surface area contributed by atoms with Crippen LogP contribution in [0.3, 0.4) is 0 Å². The molecular weight excluding hydrogens is 442 g/mol. The zero-order chi connectivity index (χ0) is 19.3. The third-order valence-electron chi connectivity index (χ3n) is 3.50. The summed E-state index contributed by atoms with van der Waals surface area (Å²) in [5, 5.41) is 1.33. The zero-order valence-corrected chi connectivity index (χ0v) is 17.3. The molecule has 0 amide bonds. The first-order chi connectivity index (χ1) is 12.3. The Balaban J connectivity index is 0.000000431. The first kappa shape index (κ1) is 20.5. The van der Waals surface area contributed by atoms with Crippen LogP contribution >= 0.6 is 27.5 Å². The molecule has 0 unspecified atom stereocenters. The average Bonchev–Trinajstić information content (AvgIpc) is 2.94. The minimum absolute atomic E-state index is 0.257. The third-order valence-corrected chi connectivity index (χ3v) is 6.05. The number of carbonyl (C=O) groups is 1. The Morgan fingerprint density at radius 1 is 1.19 bits per heavy atom. The van der Waals surface area contributed by atoms with Crippen LogP contribution in [0.1, 0.15) is 12.5 Å². The number of fused-ring (bicyclic) bond motifs is 1. The first-order valence-corrected chi connectivity index (χ1v) is 10.3. The number of aryl methyl sites for hydroxylation is 1. The van der Waals surface area contributed by atoms with Gasteiger partial charge in [-0.05, 0) is 60.1 Å². The van der Waals surface area contributed by atoms with Crippen LogP contribution in [0.2, 0.25) is 5.02 Å². The molecule has 3 aromatic rings. The van der Waals surface area contributed by atoms with Gasteiger partial charge in [0.15, 0.2) is 0 Å². The molecule has 0 aliphatic rings. The Morgan fingerprint density at radius 3 is 2.38 bits per heavy atom. The standard InChI is InChI=1S/C15H11BrClNO2S.C3H6O2/c1-10-2-5-12(6-3-10)21(19,20)18-9-14(16)13-8-11(17)4-7-15(13)18;1-2-5-3-4/h2-9H,1H3;3H,2H2,1H3. The maximum atomic E-state index is 12.8. The molecule has 0 bridgehead atoms. The molecule has 2 aromatic carbocycles. The number of rotatable bonds is 4. The van der Waals surface area contributed by atoms with Crippen molar-refractivity contribution >= 4 is 54.9 Å². The lowest BCUT2D eigenvalue weighted by Gasteiger charge is -2.07. The van der Waals surface area contributed by atoms with Crippen molar-refractivity contribution in [2.45, 2.75) is 18.7 Å². The van der Waals surface area contributed by atoms with Crippen LogP contribution in [0.5, 0.6) is 0 Å². The van der Waals surface area contributed by atoms with E-state index in [1.807, 2.05) is 6.92 Å². The molecule has 0 aliphatic carbocycles. The molecule has 1 heterocycles. The number of hydrogen-bond acceptors (Lipinski definition) is 4. The maximum Gasteiger partial charge on any atom is 0.293 e. The quantitative estimate of drug-likeness (QED) is 0.528. The lowest BCUT2D eigenvalue weighted by atomic mass is 10.2. The third kappa shape index (κ3) is 4.47. The fourth-order valence-corrected chi connectivity index (χ4v) is 4.42. The molecule has 26 heavy (non-hydrogen) atoms. The summed E-state index contributed by atoms with van der Waals surface area (Å²) in [4.78, 5) is 9.44. The van der Waals surface area contributed by atoms with Gasteiger partial charge in [-0.25, -0.2) is 12.4 Å². The van der Waals surface area contributed by atoms with Crippen molar-refractivity contribution in [3.63, 3.8) is 0 Å². The van der Waals surface area contributed by atoms with Gasteiger partial charge >= 0.3 is 0 Å². The smallest absolute Gasteiger partial charge is 0.293 e. The summed E-state index contributed by atoms with van der Waals surface area (Å²) in [6.45, 7) is 4.58. The number of benzene rings is 2. The fraction of sp³-hybridized carbons (Fsp3) is 0.167. The molecule has 0 saturated carbocycles. The highest BCUT2D eigenvalue weighted by Gasteiger charge is 2.20. The van der Waals surface area contributed by atoms with Crippen LogP contribution in [-0.4, -0.2) is 25.5 Å². The lowest BCUT2D eigenvalue weighted by Crippen LogP contribution is -2.11. The second kappa shape index (κ2) is 8.70. The van der Waals surface area contributed by atoms with Gasteiger partial charge in [0.1, 0.15) is 0 Å². The Hall–Kier alpha value is -1.83. The van der Waals surface area contributed by atoms with Gasteiger partial charge in [0.05, 0.1) is 17.0 Å². The highest BCUT2D eigenvalue weighted by molar-refractivity contribution is 9.10. The highest BCUT2D eigenvalue weighted by atomic mass is 79.9. The van der Waals surface area contributed by atoms with E-state index in [1.54, 1.807) is 55.6 Å². The zero-order valence-electron chi connectivity index (χ0n) is 14.1. The van der Waals surface area contributed by atoms with E-state index in [0.29, 0.717) is 28.1 Å². The molecule has 0 saturated heterocycles. The molecule has 8 heteroatoms. The van der Waals surface area contributed by atoms with Crippen molar-refractivity contribution in [2.24, 2.45) is 0 Å². The highest BCUT2D eigenvalue weighted by Crippen LogP contribution is 2.31. The van der Waals surface area contributed by atoms with Crippen molar-refractivity contribution in [3.8, 4) is 0 Å². The number of carbonyl (C=O) groups excluding carboxylic acids is 1. The van der Waals surface area contributed by atoms with Crippen LogP contribution in [0.4, 0.5) is 0 Å². The van der Waals surface area contributed by atoms with Gasteiger partial charge in [0.2, 0.25) is 0 Å². The molecule has 1 aromatic heterocycles. The van der Waals surface area contributed by atoms with Crippen LogP contribution in [0, 0.1) is 6.92 Å². The van der Waals surface area contributed by atoms with Gasteiger partial charge in [0, 0.05) is 21.1 Å². The Labute approximate surface area is 165 Å². The SMILES string of the molecule is CCOC=O.Cc1ccc(S(=O)(=O)n2cc(Br)c3cc(Cl)ccc32)cc1. The molecule has 0 N–H and O–H groups in total. The fourth-order valence-electron chi connectivity index (χ4n) is 2.22. The molecule has 0 aliphatic heterocycles. The van der Waals surface area contributed by atoms with Gasteiger partial charge in [-0.2, -0.15) is 0 Å². The molecule has 138 valence electrons. The van der Waals surface area contributed by atoms with Crippen molar-refractivity contribution in [1.82, 2.24) is 3.97 Å². The van der Waals surface area contributed by atoms with E-state index in [0.717, 1.165) is 10.9 Å². The summed E-state index contributed by atoms with van der Waals surface area (Å²) in [5.41, 5.74) is 1.60. The number of halogens is 2. The molecule has 0 radical (unpaired) electrons. The van der Waals surface area contributed by atoms with Gasteiger partial charge in [-0.1, -0.05) is 29.3 Å². The Kier molecular flexibility index (Phi) is 6.86. The largest absolute Gasteiger partial charge is 0.468 e. The van der Waals surface area contributed by atoms with E-state index < -0.39 is 10.0 Å². The number of ether oxygens (including phenoxy) is 1. The Morgan fingerprint density at radius 2 is 1.85 bits per heavy atom. The van der Waals surface area contributed by atoms with Crippen LogP contribution < -0.4 is 0 Å². The number of nitrogens with zero attached hydrogens (tertiary/aromatic N) is 1. The normalized spacial score (nSPS) is 10.9. The monoisotopic (exact) mass is 457 g/mol. The molecule has 0 atom stereocenters. The van der Waals surface area contributed by atoms with E-state index in [9.17, 15) is 13.2 Å². The number of hydrogen-bond donors (Lipinski definition) is 0. The van der Waals surface area contributed by atoms with E-state index >= 15 is 0 Å². The Bertz CT molecular complexity index is 1010. The summed E-state index contributed by atoms with van der Waals surface area (Å²) in [6.07, 6.45) is 1.55. The van der Waals surface area contributed by atoms with Crippen molar-refractivity contribution < 1.29 is 17.9 Å². The predicted molar refractivity (Wildman–Crippen MR) is 106 cm³/mol. The van der Waals surface area contributed by atoms with E-state index in [2.05, 4.69) is 20.7 Å². The molecule has 0 spiro atoms. The van der Waals surface area contributed by atoms with E-state index in [-0.39, 0.29) is 4.90 Å². The topological polar surface area (TPSA) is 65.4 Å². The number of aromatic nitrogens is 1. The summed E-state index contributed by atoms with van der Waals surface area (Å²) in [6, 6.07) is 11.9. The minimum atomic E-state index is -3.63. The lowest BCUT2D eigenvalue weighted by molar-refractivity contribution is -0.128. The minimum Gasteiger partial charge on any atom is -0.468 e. The molecule has 5 nitrogen and oxygen atoms in total. The molecular formula is C18H17BrClNO4S. The summed E-state index contributed by atoms with van der Waals surface area (Å²) >= 11 is 9.35. The second-order valence-electron chi connectivity index (χ2n) is 5.30. The van der Waals surface area contributed by atoms with Crippen LogP contribution in [0.15, 0.2) is 58.0 Å². The van der Waals surface area contributed by atoms with Gasteiger partial charge in [0.25, 0.3) is 16.5 Å². The van der Waals surface area contributed by atoms with Crippen molar-refractivity contribution in [1.29, 1.82) is 0 Å². The summed E-state index contributed by atoms with van der Waals surface area (Å²) in [7, 11) is -3.63.